The van der Waals surface area contributed by atoms with Gasteiger partial charge >= 0.3 is 0 Å². The van der Waals surface area contributed by atoms with Crippen molar-refractivity contribution in [1.82, 2.24) is 4.98 Å². The van der Waals surface area contributed by atoms with E-state index in [0.29, 0.717) is 22.7 Å². The van der Waals surface area contributed by atoms with Crippen molar-refractivity contribution < 1.29 is 9.53 Å². The average molecular weight is 359 g/mol. The lowest BCUT2D eigenvalue weighted by atomic mass is 10.2. The molecule has 0 radical (unpaired) electrons. The zero-order chi connectivity index (χ0) is 16.9. The number of nitrogens with one attached hydrogen (secondary N) is 1. The van der Waals surface area contributed by atoms with E-state index in [9.17, 15) is 4.79 Å². The highest BCUT2D eigenvalue weighted by atomic mass is 35.5. The molecule has 0 unspecified atom stereocenters. The molecule has 120 valence electrons. The van der Waals surface area contributed by atoms with Crippen molar-refractivity contribution in [1.29, 1.82) is 0 Å². The largest absolute Gasteiger partial charge is 0.455 e. The van der Waals surface area contributed by atoms with Gasteiger partial charge in [0.1, 0.15) is 10.9 Å². The van der Waals surface area contributed by atoms with Gasteiger partial charge in [-0.1, -0.05) is 53.5 Å². The Morgan fingerprint density at radius 2 is 1.71 bits per heavy atom. The first-order valence-electron chi connectivity index (χ1n) is 7.08. The van der Waals surface area contributed by atoms with Crippen LogP contribution in [0.15, 0.2) is 66.9 Å². The molecule has 1 amide bonds. The van der Waals surface area contributed by atoms with Crippen LogP contribution in [0.25, 0.3) is 0 Å². The third-order valence-electron chi connectivity index (χ3n) is 3.16. The third-order valence-corrected chi connectivity index (χ3v) is 3.85. The van der Waals surface area contributed by atoms with Crippen molar-refractivity contribution in [3.8, 4) is 11.5 Å². The summed E-state index contributed by atoms with van der Waals surface area (Å²) in [6.45, 7) is 0. The molecule has 0 aliphatic heterocycles. The minimum atomic E-state index is -0.356. The molecule has 0 atom stereocenters. The molecular formula is C18H12Cl2N2O2. The molecule has 24 heavy (non-hydrogen) atoms. The highest BCUT2D eigenvalue weighted by Gasteiger charge is 2.12. The Morgan fingerprint density at radius 3 is 2.46 bits per heavy atom. The minimum absolute atomic E-state index is 0.154. The quantitative estimate of drug-likeness (QED) is 0.632. The van der Waals surface area contributed by atoms with E-state index in [-0.39, 0.29) is 16.1 Å². The number of para-hydroxylation sites is 3. The molecule has 0 bridgehead atoms. The maximum absolute atomic E-state index is 12.4. The smallest absolute Gasteiger partial charge is 0.257 e. The topological polar surface area (TPSA) is 51.2 Å². The molecule has 4 nitrogen and oxygen atoms in total. The lowest BCUT2D eigenvalue weighted by Crippen LogP contribution is -2.13. The standard InChI is InChI=1S/C18H12Cl2N2O2/c19-14-10-12(11-21-17(14)20)18(23)22-15-8-4-5-9-16(15)24-13-6-2-1-3-7-13/h1-11H,(H,22,23). The van der Waals surface area contributed by atoms with Gasteiger partial charge in [0.05, 0.1) is 16.3 Å². The number of pyridine rings is 1. The molecular weight excluding hydrogens is 347 g/mol. The lowest BCUT2D eigenvalue weighted by Gasteiger charge is -2.12. The van der Waals surface area contributed by atoms with E-state index in [0.717, 1.165) is 0 Å². The molecule has 2 aromatic carbocycles. The van der Waals surface area contributed by atoms with Gasteiger partial charge in [0.2, 0.25) is 0 Å². The van der Waals surface area contributed by atoms with Crippen molar-refractivity contribution in [2.75, 3.05) is 5.32 Å². The van der Waals surface area contributed by atoms with E-state index >= 15 is 0 Å². The van der Waals surface area contributed by atoms with Gasteiger partial charge in [-0.3, -0.25) is 4.79 Å². The molecule has 0 aliphatic carbocycles. The maximum atomic E-state index is 12.4. The van der Waals surface area contributed by atoms with Crippen LogP contribution in [0.3, 0.4) is 0 Å². The summed E-state index contributed by atoms with van der Waals surface area (Å²) in [5.41, 5.74) is 0.844. The second-order valence-electron chi connectivity index (χ2n) is 4.86. The maximum Gasteiger partial charge on any atom is 0.257 e. The molecule has 0 fully saturated rings. The fourth-order valence-corrected chi connectivity index (χ4v) is 2.28. The molecule has 1 heterocycles. The summed E-state index contributed by atoms with van der Waals surface area (Å²) in [5, 5.41) is 3.16. The van der Waals surface area contributed by atoms with Crippen molar-refractivity contribution in [3.05, 3.63) is 82.6 Å². The van der Waals surface area contributed by atoms with Gasteiger partial charge in [0.25, 0.3) is 5.91 Å². The van der Waals surface area contributed by atoms with Gasteiger partial charge in [0, 0.05) is 6.20 Å². The highest BCUT2D eigenvalue weighted by molar-refractivity contribution is 6.41. The van der Waals surface area contributed by atoms with Crippen LogP contribution in [0, 0.1) is 0 Å². The number of benzene rings is 2. The molecule has 6 heteroatoms. The molecule has 0 saturated heterocycles. The summed E-state index contributed by atoms with van der Waals surface area (Å²) < 4.78 is 5.81. The Balaban J connectivity index is 1.82. The van der Waals surface area contributed by atoms with Gasteiger partial charge < -0.3 is 10.1 Å². The molecule has 0 saturated carbocycles. The first-order valence-corrected chi connectivity index (χ1v) is 7.83. The fraction of sp³-hybridized carbons (Fsp3) is 0. The van der Waals surface area contributed by atoms with Crippen molar-refractivity contribution >= 4 is 34.8 Å². The average Bonchev–Trinajstić information content (AvgIpc) is 2.60. The first kappa shape index (κ1) is 16.3. The van der Waals surface area contributed by atoms with Gasteiger partial charge in [0.15, 0.2) is 5.75 Å². The van der Waals surface area contributed by atoms with E-state index in [4.69, 9.17) is 27.9 Å². The van der Waals surface area contributed by atoms with Crippen LogP contribution in [0.4, 0.5) is 5.69 Å². The van der Waals surface area contributed by atoms with Crippen LogP contribution in [0.1, 0.15) is 10.4 Å². The second kappa shape index (κ2) is 7.34. The number of hydrogen-bond acceptors (Lipinski definition) is 3. The summed E-state index contributed by atoms with van der Waals surface area (Å²) in [6.07, 6.45) is 1.37. The number of aromatic nitrogens is 1. The summed E-state index contributed by atoms with van der Waals surface area (Å²) in [7, 11) is 0. The van der Waals surface area contributed by atoms with E-state index in [1.807, 2.05) is 36.4 Å². The predicted octanol–water partition coefficient (Wildman–Crippen LogP) is 5.43. The number of rotatable bonds is 4. The van der Waals surface area contributed by atoms with Crippen molar-refractivity contribution in [3.63, 3.8) is 0 Å². The molecule has 0 spiro atoms. The normalized spacial score (nSPS) is 10.2. The number of hydrogen-bond donors (Lipinski definition) is 1. The van der Waals surface area contributed by atoms with Crippen LogP contribution in [0.2, 0.25) is 10.2 Å². The second-order valence-corrected chi connectivity index (χ2v) is 5.63. The zero-order valence-electron chi connectivity index (χ0n) is 12.4. The molecule has 0 aliphatic rings. The third kappa shape index (κ3) is 3.85. The Bertz CT molecular complexity index is 870. The first-order chi connectivity index (χ1) is 11.6. The van der Waals surface area contributed by atoms with E-state index < -0.39 is 0 Å². The van der Waals surface area contributed by atoms with Gasteiger partial charge in [-0.15, -0.1) is 0 Å². The Labute approximate surface area is 149 Å². The summed E-state index contributed by atoms with van der Waals surface area (Å²) >= 11 is 11.7. The van der Waals surface area contributed by atoms with E-state index in [2.05, 4.69) is 10.3 Å². The summed E-state index contributed by atoms with van der Waals surface area (Å²) in [6, 6.07) is 17.9. The van der Waals surface area contributed by atoms with Crippen molar-refractivity contribution in [2.24, 2.45) is 0 Å². The van der Waals surface area contributed by atoms with E-state index in [1.54, 1.807) is 18.2 Å². The predicted molar refractivity (Wildman–Crippen MR) is 95.2 cm³/mol. The Hall–Kier alpha value is -2.56. The summed E-state index contributed by atoms with van der Waals surface area (Å²) in [4.78, 5) is 16.2. The fourth-order valence-electron chi connectivity index (χ4n) is 2.01. The number of anilines is 1. The highest BCUT2D eigenvalue weighted by Crippen LogP contribution is 2.29. The molecule has 1 aromatic heterocycles. The molecule has 1 N–H and O–H groups in total. The monoisotopic (exact) mass is 358 g/mol. The number of halogens is 2. The van der Waals surface area contributed by atoms with Gasteiger partial charge in [-0.2, -0.15) is 0 Å². The number of carbonyl (C=O) groups excluding carboxylic acids is 1. The van der Waals surface area contributed by atoms with Gasteiger partial charge in [-0.05, 0) is 30.3 Å². The number of nitrogens with zero attached hydrogens (tertiary/aromatic N) is 1. The van der Waals surface area contributed by atoms with Crippen LogP contribution >= 0.6 is 23.2 Å². The van der Waals surface area contributed by atoms with Crippen LogP contribution in [-0.4, -0.2) is 10.9 Å². The van der Waals surface area contributed by atoms with Gasteiger partial charge in [-0.25, -0.2) is 4.98 Å². The zero-order valence-corrected chi connectivity index (χ0v) is 13.9. The van der Waals surface area contributed by atoms with E-state index in [1.165, 1.54) is 12.3 Å². The Morgan fingerprint density at radius 1 is 1.00 bits per heavy atom. The minimum Gasteiger partial charge on any atom is -0.455 e. The van der Waals surface area contributed by atoms with Crippen LogP contribution in [-0.2, 0) is 0 Å². The molecule has 3 aromatic rings. The SMILES string of the molecule is O=C(Nc1ccccc1Oc1ccccc1)c1cnc(Cl)c(Cl)c1. The van der Waals surface area contributed by atoms with Crippen molar-refractivity contribution in [2.45, 2.75) is 0 Å². The molecule has 3 rings (SSSR count). The van der Waals surface area contributed by atoms with Crippen LogP contribution in [0.5, 0.6) is 11.5 Å². The number of amides is 1. The van der Waals surface area contributed by atoms with Crippen LogP contribution < -0.4 is 10.1 Å². The lowest BCUT2D eigenvalue weighted by molar-refractivity contribution is 0.102. The number of carbonyl (C=O) groups is 1. The number of ether oxygens (including phenoxy) is 1. The Kier molecular flexibility index (Phi) is 4.99. The summed E-state index contributed by atoms with van der Waals surface area (Å²) in [5.74, 6) is 0.852.